The van der Waals surface area contributed by atoms with Gasteiger partial charge in [-0.05, 0) is 36.6 Å². The Hall–Kier alpha value is -1.53. The smallest absolute Gasteiger partial charge is 0.0991 e. The molecule has 1 saturated carbocycles. The molecule has 1 aromatic carbocycles. The lowest BCUT2D eigenvalue weighted by atomic mass is 9.64. The maximum absolute atomic E-state index is 8.80. The number of nitrogens with zero attached hydrogens (tertiary/aromatic N) is 1. The third-order valence-corrected chi connectivity index (χ3v) is 4.16. The number of anilines is 1. The van der Waals surface area contributed by atoms with Gasteiger partial charge in [-0.25, -0.2) is 0 Å². The Morgan fingerprint density at radius 2 is 2.00 bits per heavy atom. The standard InChI is InChI=1S/C17H24N2O/c1-12(2)11-20-16-9-15(17(16,3)4)19-14-7-5-13(10-18)6-8-14/h5-8,12,15-16,19H,9,11H2,1-4H3. The summed E-state index contributed by atoms with van der Waals surface area (Å²) in [5, 5.41) is 12.4. The summed E-state index contributed by atoms with van der Waals surface area (Å²) in [6, 6.07) is 10.2. The fourth-order valence-corrected chi connectivity index (χ4v) is 2.56. The van der Waals surface area contributed by atoms with E-state index in [1.807, 2.05) is 24.3 Å². The van der Waals surface area contributed by atoms with E-state index >= 15 is 0 Å². The van der Waals surface area contributed by atoms with Gasteiger partial charge in [0.2, 0.25) is 0 Å². The highest BCUT2D eigenvalue weighted by Crippen LogP contribution is 2.44. The Kier molecular flexibility index (Phi) is 4.35. The van der Waals surface area contributed by atoms with E-state index in [4.69, 9.17) is 10.00 Å². The van der Waals surface area contributed by atoms with Crippen LogP contribution in [0.15, 0.2) is 24.3 Å². The SMILES string of the molecule is CC(C)COC1CC(Nc2ccc(C#N)cc2)C1(C)C. The summed E-state index contributed by atoms with van der Waals surface area (Å²) in [5.41, 5.74) is 1.91. The second kappa shape index (κ2) is 5.85. The zero-order chi connectivity index (χ0) is 14.8. The van der Waals surface area contributed by atoms with Crippen molar-refractivity contribution >= 4 is 5.69 Å². The van der Waals surface area contributed by atoms with Gasteiger partial charge in [-0.1, -0.05) is 27.7 Å². The predicted octanol–water partition coefficient (Wildman–Crippen LogP) is 3.81. The topological polar surface area (TPSA) is 45.0 Å². The molecule has 0 bridgehead atoms. The average molecular weight is 272 g/mol. The van der Waals surface area contributed by atoms with E-state index in [0.29, 0.717) is 23.6 Å². The molecule has 1 fully saturated rings. The molecule has 20 heavy (non-hydrogen) atoms. The van der Waals surface area contributed by atoms with Gasteiger partial charge < -0.3 is 10.1 Å². The van der Waals surface area contributed by atoms with Crippen molar-refractivity contribution in [3.8, 4) is 6.07 Å². The van der Waals surface area contributed by atoms with E-state index in [9.17, 15) is 0 Å². The van der Waals surface area contributed by atoms with Crippen LogP contribution in [-0.4, -0.2) is 18.8 Å². The van der Waals surface area contributed by atoms with E-state index in [0.717, 1.165) is 18.7 Å². The van der Waals surface area contributed by atoms with E-state index in [1.165, 1.54) is 0 Å². The van der Waals surface area contributed by atoms with Gasteiger partial charge in [-0.2, -0.15) is 5.26 Å². The molecule has 1 N–H and O–H groups in total. The maximum Gasteiger partial charge on any atom is 0.0991 e. The number of hydrogen-bond donors (Lipinski definition) is 1. The minimum Gasteiger partial charge on any atom is -0.382 e. The van der Waals surface area contributed by atoms with Crippen molar-refractivity contribution in [2.45, 2.75) is 46.3 Å². The molecule has 3 heteroatoms. The Bertz CT molecular complexity index is 485. The highest BCUT2D eigenvalue weighted by Gasteiger charge is 2.49. The van der Waals surface area contributed by atoms with Crippen molar-refractivity contribution in [3.05, 3.63) is 29.8 Å². The van der Waals surface area contributed by atoms with Gasteiger partial charge in [0.25, 0.3) is 0 Å². The first-order valence-corrected chi connectivity index (χ1v) is 7.31. The monoisotopic (exact) mass is 272 g/mol. The molecule has 0 heterocycles. The Morgan fingerprint density at radius 1 is 1.35 bits per heavy atom. The number of ether oxygens (including phenoxy) is 1. The molecule has 1 aliphatic carbocycles. The van der Waals surface area contributed by atoms with Gasteiger partial charge in [-0.3, -0.25) is 0 Å². The van der Waals surface area contributed by atoms with E-state index in [1.54, 1.807) is 0 Å². The lowest BCUT2D eigenvalue weighted by molar-refractivity contribution is -0.108. The van der Waals surface area contributed by atoms with E-state index in [-0.39, 0.29) is 5.41 Å². The molecule has 1 aliphatic rings. The van der Waals surface area contributed by atoms with Crippen LogP contribution in [0.1, 0.15) is 39.7 Å². The molecular weight excluding hydrogens is 248 g/mol. The molecule has 0 spiro atoms. The summed E-state index contributed by atoms with van der Waals surface area (Å²) in [4.78, 5) is 0. The van der Waals surface area contributed by atoms with Gasteiger partial charge in [-0.15, -0.1) is 0 Å². The maximum atomic E-state index is 8.80. The van der Waals surface area contributed by atoms with Gasteiger partial charge in [0.05, 0.1) is 17.7 Å². The number of rotatable bonds is 5. The fourth-order valence-electron chi connectivity index (χ4n) is 2.56. The van der Waals surface area contributed by atoms with E-state index < -0.39 is 0 Å². The molecule has 1 aromatic rings. The van der Waals surface area contributed by atoms with Crippen LogP contribution in [0.3, 0.4) is 0 Å². The first kappa shape index (κ1) is 14.9. The Labute approximate surface area is 121 Å². The highest BCUT2D eigenvalue weighted by atomic mass is 16.5. The molecule has 2 atom stereocenters. The van der Waals surface area contributed by atoms with Crippen molar-refractivity contribution in [2.75, 3.05) is 11.9 Å². The second-order valence-corrected chi connectivity index (χ2v) is 6.66. The minimum atomic E-state index is 0.142. The zero-order valence-corrected chi connectivity index (χ0v) is 12.8. The van der Waals surface area contributed by atoms with Gasteiger partial charge in [0.1, 0.15) is 0 Å². The van der Waals surface area contributed by atoms with Crippen LogP contribution in [0.25, 0.3) is 0 Å². The third-order valence-electron chi connectivity index (χ3n) is 4.16. The Morgan fingerprint density at radius 3 is 2.50 bits per heavy atom. The predicted molar refractivity (Wildman–Crippen MR) is 81.5 cm³/mol. The Balaban J connectivity index is 1.90. The molecule has 3 nitrogen and oxygen atoms in total. The van der Waals surface area contributed by atoms with Crippen molar-refractivity contribution < 1.29 is 4.74 Å². The second-order valence-electron chi connectivity index (χ2n) is 6.66. The molecule has 0 saturated heterocycles. The molecule has 0 amide bonds. The number of nitriles is 1. The quantitative estimate of drug-likeness (QED) is 0.886. The molecule has 0 radical (unpaired) electrons. The summed E-state index contributed by atoms with van der Waals surface area (Å²) in [6.45, 7) is 9.69. The first-order chi connectivity index (χ1) is 9.43. The summed E-state index contributed by atoms with van der Waals surface area (Å²) >= 11 is 0. The van der Waals surface area contributed by atoms with Crippen molar-refractivity contribution in [2.24, 2.45) is 11.3 Å². The molecule has 2 rings (SSSR count). The van der Waals surface area contributed by atoms with Crippen LogP contribution < -0.4 is 5.32 Å². The van der Waals surface area contributed by atoms with Gasteiger partial charge in [0, 0.05) is 23.8 Å². The molecule has 108 valence electrons. The zero-order valence-electron chi connectivity index (χ0n) is 12.8. The molecule has 2 unspecified atom stereocenters. The van der Waals surface area contributed by atoms with E-state index in [2.05, 4.69) is 39.1 Å². The van der Waals surface area contributed by atoms with Crippen LogP contribution in [-0.2, 0) is 4.74 Å². The lowest BCUT2D eigenvalue weighted by Crippen LogP contribution is -2.58. The molecular formula is C17H24N2O. The van der Waals surface area contributed by atoms with Crippen LogP contribution in [0.2, 0.25) is 0 Å². The highest BCUT2D eigenvalue weighted by molar-refractivity contribution is 5.48. The fraction of sp³-hybridized carbons (Fsp3) is 0.588. The summed E-state index contributed by atoms with van der Waals surface area (Å²) in [5.74, 6) is 0.580. The molecule has 0 aliphatic heterocycles. The van der Waals surface area contributed by atoms with Crippen LogP contribution in [0.5, 0.6) is 0 Å². The molecule has 0 aromatic heterocycles. The number of hydrogen-bond acceptors (Lipinski definition) is 3. The summed E-state index contributed by atoms with van der Waals surface area (Å²) < 4.78 is 5.98. The number of benzene rings is 1. The number of nitrogens with one attached hydrogen (secondary N) is 1. The largest absolute Gasteiger partial charge is 0.382 e. The van der Waals surface area contributed by atoms with Gasteiger partial charge in [0.15, 0.2) is 0 Å². The van der Waals surface area contributed by atoms with Crippen molar-refractivity contribution in [1.29, 1.82) is 5.26 Å². The van der Waals surface area contributed by atoms with Crippen LogP contribution in [0, 0.1) is 22.7 Å². The van der Waals surface area contributed by atoms with Crippen LogP contribution >= 0.6 is 0 Å². The average Bonchev–Trinajstić information content (AvgIpc) is 2.42. The van der Waals surface area contributed by atoms with Gasteiger partial charge >= 0.3 is 0 Å². The summed E-state index contributed by atoms with van der Waals surface area (Å²) in [6.07, 6.45) is 1.38. The third kappa shape index (κ3) is 3.13. The minimum absolute atomic E-state index is 0.142. The van der Waals surface area contributed by atoms with Crippen molar-refractivity contribution in [1.82, 2.24) is 0 Å². The van der Waals surface area contributed by atoms with Crippen LogP contribution in [0.4, 0.5) is 5.69 Å². The first-order valence-electron chi connectivity index (χ1n) is 7.31. The normalized spacial score (nSPS) is 24.0. The lowest BCUT2D eigenvalue weighted by Gasteiger charge is -2.52. The summed E-state index contributed by atoms with van der Waals surface area (Å²) in [7, 11) is 0. The van der Waals surface area contributed by atoms with Crippen molar-refractivity contribution in [3.63, 3.8) is 0 Å².